The Morgan fingerprint density at radius 2 is 2.18 bits per heavy atom. The SMILES string of the molecule is CC(C)[C@H](NC(=O)NC[C@H]1CCCO1)C(=O)O. The summed E-state index contributed by atoms with van der Waals surface area (Å²) >= 11 is 0. The second-order valence-electron chi connectivity index (χ2n) is 4.55. The molecule has 0 saturated carbocycles. The van der Waals surface area contributed by atoms with E-state index in [2.05, 4.69) is 10.6 Å². The minimum atomic E-state index is -1.02. The van der Waals surface area contributed by atoms with Crippen LogP contribution >= 0.6 is 0 Å². The summed E-state index contributed by atoms with van der Waals surface area (Å²) in [4.78, 5) is 22.3. The molecule has 1 aliphatic rings. The van der Waals surface area contributed by atoms with Crippen molar-refractivity contribution in [3.63, 3.8) is 0 Å². The first-order valence-corrected chi connectivity index (χ1v) is 5.89. The van der Waals surface area contributed by atoms with Crippen LogP contribution < -0.4 is 10.6 Å². The minimum absolute atomic E-state index is 0.0584. The van der Waals surface area contributed by atoms with Gasteiger partial charge in [-0.25, -0.2) is 9.59 Å². The molecule has 98 valence electrons. The van der Waals surface area contributed by atoms with E-state index < -0.39 is 18.0 Å². The third-order valence-electron chi connectivity index (χ3n) is 2.73. The third-order valence-corrected chi connectivity index (χ3v) is 2.73. The number of carboxylic acid groups (broad SMARTS) is 1. The van der Waals surface area contributed by atoms with Crippen LogP contribution in [0.1, 0.15) is 26.7 Å². The zero-order valence-electron chi connectivity index (χ0n) is 10.2. The fraction of sp³-hybridized carbons (Fsp3) is 0.818. The van der Waals surface area contributed by atoms with Crippen molar-refractivity contribution >= 4 is 12.0 Å². The van der Waals surface area contributed by atoms with Crippen molar-refractivity contribution < 1.29 is 19.4 Å². The molecule has 2 atom stereocenters. The van der Waals surface area contributed by atoms with Gasteiger partial charge in [0.1, 0.15) is 6.04 Å². The summed E-state index contributed by atoms with van der Waals surface area (Å²) in [5.41, 5.74) is 0. The molecular formula is C11H20N2O4. The molecule has 6 nitrogen and oxygen atoms in total. The summed E-state index contributed by atoms with van der Waals surface area (Å²) in [6, 6.07) is -1.32. The summed E-state index contributed by atoms with van der Waals surface area (Å²) in [5, 5.41) is 14.0. The first kappa shape index (κ1) is 13.8. The Kier molecular flexibility index (Phi) is 5.21. The van der Waals surface area contributed by atoms with E-state index in [4.69, 9.17) is 9.84 Å². The van der Waals surface area contributed by atoms with E-state index in [0.717, 1.165) is 19.4 Å². The number of ether oxygens (including phenoxy) is 1. The van der Waals surface area contributed by atoms with Crippen molar-refractivity contribution in [2.45, 2.75) is 38.8 Å². The van der Waals surface area contributed by atoms with Crippen molar-refractivity contribution in [3.8, 4) is 0 Å². The predicted octanol–water partition coefficient (Wildman–Crippen LogP) is 0.574. The van der Waals surface area contributed by atoms with Gasteiger partial charge in [0, 0.05) is 13.2 Å². The Bertz CT molecular complexity index is 275. The smallest absolute Gasteiger partial charge is 0.326 e. The lowest BCUT2D eigenvalue weighted by Crippen LogP contribution is -2.49. The van der Waals surface area contributed by atoms with Gasteiger partial charge in [-0.3, -0.25) is 0 Å². The second-order valence-corrected chi connectivity index (χ2v) is 4.55. The Labute approximate surface area is 101 Å². The van der Waals surface area contributed by atoms with Crippen LogP contribution in [0.2, 0.25) is 0 Å². The van der Waals surface area contributed by atoms with Crippen molar-refractivity contribution in [1.82, 2.24) is 10.6 Å². The normalized spacial score (nSPS) is 21.2. The van der Waals surface area contributed by atoms with Crippen LogP contribution in [0.15, 0.2) is 0 Å². The largest absolute Gasteiger partial charge is 0.480 e. The number of hydrogen-bond acceptors (Lipinski definition) is 3. The number of carboxylic acids is 1. The first-order chi connectivity index (χ1) is 8.00. The highest BCUT2D eigenvalue weighted by Gasteiger charge is 2.24. The molecule has 1 fully saturated rings. The van der Waals surface area contributed by atoms with E-state index in [9.17, 15) is 9.59 Å². The summed E-state index contributed by atoms with van der Waals surface area (Å²) in [7, 11) is 0. The third kappa shape index (κ3) is 4.60. The molecule has 0 aromatic heterocycles. The molecular weight excluding hydrogens is 224 g/mol. The standard InChI is InChI=1S/C11H20N2O4/c1-7(2)9(10(14)15)13-11(16)12-6-8-4-3-5-17-8/h7-9H,3-6H2,1-2H3,(H,14,15)(H2,12,13,16)/t8-,9+/m1/s1. The molecule has 0 aromatic rings. The molecule has 0 aromatic carbocycles. The topological polar surface area (TPSA) is 87.7 Å². The monoisotopic (exact) mass is 244 g/mol. The summed E-state index contributed by atoms with van der Waals surface area (Å²) < 4.78 is 5.34. The molecule has 0 radical (unpaired) electrons. The highest BCUT2D eigenvalue weighted by Crippen LogP contribution is 2.10. The van der Waals surface area contributed by atoms with E-state index in [-0.39, 0.29) is 12.0 Å². The second kappa shape index (κ2) is 6.44. The number of carbonyl (C=O) groups excluding carboxylic acids is 1. The van der Waals surface area contributed by atoms with Crippen LogP contribution in [-0.4, -0.2) is 42.4 Å². The quantitative estimate of drug-likeness (QED) is 0.660. The average molecular weight is 244 g/mol. The Morgan fingerprint density at radius 3 is 2.65 bits per heavy atom. The molecule has 17 heavy (non-hydrogen) atoms. The molecule has 0 aliphatic carbocycles. The molecule has 0 bridgehead atoms. The van der Waals surface area contributed by atoms with Gasteiger partial charge in [-0.05, 0) is 18.8 Å². The number of urea groups is 1. The van der Waals surface area contributed by atoms with E-state index in [1.165, 1.54) is 0 Å². The lowest BCUT2D eigenvalue weighted by atomic mass is 10.1. The van der Waals surface area contributed by atoms with E-state index in [1.807, 2.05) is 0 Å². The average Bonchev–Trinajstić information content (AvgIpc) is 2.74. The van der Waals surface area contributed by atoms with Crippen molar-refractivity contribution in [2.75, 3.05) is 13.2 Å². The number of aliphatic carboxylic acids is 1. The molecule has 0 spiro atoms. The van der Waals surface area contributed by atoms with Crippen molar-refractivity contribution in [1.29, 1.82) is 0 Å². The maximum atomic E-state index is 11.5. The highest BCUT2D eigenvalue weighted by molar-refractivity contribution is 5.82. The molecule has 1 heterocycles. The maximum absolute atomic E-state index is 11.5. The molecule has 1 aliphatic heterocycles. The molecule has 0 unspecified atom stereocenters. The number of rotatable bonds is 5. The van der Waals surface area contributed by atoms with Crippen LogP contribution in [0.25, 0.3) is 0 Å². The number of amides is 2. The van der Waals surface area contributed by atoms with Gasteiger partial charge in [0.2, 0.25) is 0 Å². The van der Waals surface area contributed by atoms with Crippen LogP contribution in [0.5, 0.6) is 0 Å². The highest BCUT2D eigenvalue weighted by atomic mass is 16.5. The molecule has 6 heteroatoms. The van der Waals surface area contributed by atoms with Crippen LogP contribution in [0.4, 0.5) is 4.79 Å². The summed E-state index contributed by atoms with van der Waals surface area (Å²) in [6.07, 6.45) is 2.01. The minimum Gasteiger partial charge on any atom is -0.480 e. The lowest BCUT2D eigenvalue weighted by molar-refractivity contribution is -0.140. The fourth-order valence-corrected chi connectivity index (χ4v) is 1.72. The number of nitrogens with one attached hydrogen (secondary N) is 2. The van der Waals surface area contributed by atoms with Gasteiger partial charge in [-0.2, -0.15) is 0 Å². The summed E-state index contributed by atoms with van der Waals surface area (Å²) in [5.74, 6) is -1.17. The molecule has 3 N–H and O–H groups in total. The van der Waals surface area contributed by atoms with E-state index >= 15 is 0 Å². The van der Waals surface area contributed by atoms with E-state index in [0.29, 0.717) is 6.54 Å². The van der Waals surface area contributed by atoms with Crippen molar-refractivity contribution in [3.05, 3.63) is 0 Å². The van der Waals surface area contributed by atoms with E-state index in [1.54, 1.807) is 13.8 Å². The zero-order valence-corrected chi connectivity index (χ0v) is 10.2. The Morgan fingerprint density at radius 1 is 1.47 bits per heavy atom. The molecule has 2 amide bonds. The van der Waals surface area contributed by atoms with Gasteiger partial charge >= 0.3 is 12.0 Å². The fourth-order valence-electron chi connectivity index (χ4n) is 1.72. The van der Waals surface area contributed by atoms with Gasteiger partial charge in [-0.15, -0.1) is 0 Å². The van der Waals surface area contributed by atoms with Crippen LogP contribution in [0.3, 0.4) is 0 Å². The van der Waals surface area contributed by atoms with Crippen LogP contribution in [0, 0.1) is 5.92 Å². The van der Waals surface area contributed by atoms with Gasteiger partial charge in [0.05, 0.1) is 6.10 Å². The predicted molar refractivity (Wildman–Crippen MR) is 61.8 cm³/mol. The van der Waals surface area contributed by atoms with Gasteiger partial charge in [0.25, 0.3) is 0 Å². The Hall–Kier alpha value is -1.30. The summed E-state index contributed by atoms with van der Waals surface area (Å²) in [6.45, 7) is 4.66. The van der Waals surface area contributed by atoms with Crippen molar-refractivity contribution in [2.24, 2.45) is 5.92 Å². The van der Waals surface area contributed by atoms with Crippen LogP contribution in [-0.2, 0) is 9.53 Å². The molecule has 1 rings (SSSR count). The number of carbonyl (C=O) groups is 2. The van der Waals surface area contributed by atoms with Gasteiger partial charge in [-0.1, -0.05) is 13.8 Å². The zero-order chi connectivity index (χ0) is 12.8. The number of hydrogen-bond donors (Lipinski definition) is 3. The van der Waals surface area contributed by atoms with Gasteiger partial charge in [0.15, 0.2) is 0 Å². The molecule has 1 saturated heterocycles. The lowest BCUT2D eigenvalue weighted by Gasteiger charge is -2.19. The Balaban J connectivity index is 2.29. The first-order valence-electron chi connectivity index (χ1n) is 5.89. The van der Waals surface area contributed by atoms with Gasteiger partial charge < -0.3 is 20.5 Å². The maximum Gasteiger partial charge on any atom is 0.326 e.